The van der Waals surface area contributed by atoms with Crippen LogP contribution in [-0.4, -0.2) is 34.5 Å². The van der Waals surface area contributed by atoms with Crippen LogP contribution in [0, 0.1) is 11.3 Å². The molecule has 1 aromatic heterocycles. The number of hydrogen-bond donors (Lipinski definition) is 1. The number of aryl methyl sites for hydroxylation is 1. The minimum Gasteiger partial charge on any atom is -0.396 e. The fourth-order valence-corrected chi connectivity index (χ4v) is 2.33. The van der Waals surface area contributed by atoms with Gasteiger partial charge < -0.3 is 10.0 Å². The van der Waals surface area contributed by atoms with Crippen molar-refractivity contribution in [3.8, 4) is 6.07 Å². The topological polar surface area (TPSA) is 73.0 Å². The van der Waals surface area contributed by atoms with Gasteiger partial charge >= 0.3 is 0 Å². The zero-order chi connectivity index (χ0) is 15.1. The molecule has 1 aromatic rings. The molecule has 0 amide bonds. The standard InChI is InChI=1S/C15H24N4O/c1-5-12-13(10-16)15(18-17-14(12)6-2)19(11(3)4)8-7-9-20/h11,20H,5-9H2,1-4H3. The first-order valence-electron chi connectivity index (χ1n) is 7.26. The second-order valence-electron chi connectivity index (χ2n) is 5.01. The van der Waals surface area contributed by atoms with Gasteiger partial charge in [0.1, 0.15) is 11.6 Å². The summed E-state index contributed by atoms with van der Waals surface area (Å²) < 4.78 is 0. The van der Waals surface area contributed by atoms with Gasteiger partial charge in [-0.05, 0) is 38.7 Å². The second-order valence-corrected chi connectivity index (χ2v) is 5.01. The van der Waals surface area contributed by atoms with Crippen LogP contribution in [0.25, 0.3) is 0 Å². The van der Waals surface area contributed by atoms with E-state index in [0.29, 0.717) is 24.3 Å². The van der Waals surface area contributed by atoms with E-state index in [0.717, 1.165) is 24.1 Å². The summed E-state index contributed by atoms with van der Waals surface area (Å²) in [4.78, 5) is 2.04. The maximum Gasteiger partial charge on any atom is 0.169 e. The Morgan fingerprint density at radius 2 is 1.95 bits per heavy atom. The molecule has 0 radical (unpaired) electrons. The average Bonchev–Trinajstić information content (AvgIpc) is 2.46. The molecular weight excluding hydrogens is 252 g/mol. The number of rotatable bonds is 7. The van der Waals surface area contributed by atoms with E-state index < -0.39 is 0 Å². The van der Waals surface area contributed by atoms with Gasteiger partial charge in [0, 0.05) is 19.2 Å². The fraction of sp³-hybridized carbons (Fsp3) is 0.667. The Morgan fingerprint density at radius 1 is 1.25 bits per heavy atom. The lowest BCUT2D eigenvalue weighted by Gasteiger charge is -2.28. The molecule has 0 atom stereocenters. The summed E-state index contributed by atoms with van der Waals surface area (Å²) in [7, 11) is 0. The summed E-state index contributed by atoms with van der Waals surface area (Å²) in [5.74, 6) is 0.644. The van der Waals surface area contributed by atoms with Gasteiger partial charge in [0.05, 0.1) is 5.69 Å². The van der Waals surface area contributed by atoms with Crippen LogP contribution in [0.4, 0.5) is 5.82 Å². The van der Waals surface area contributed by atoms with Gasteiger partial charge in [-0.25, -0.2) is 0 Å². The molecule has 0 bridgehead atoms. The number of aliphatic hydroxyl groups is 1. The SMILES string of the molecule is CCc1nnc(N(CCCO)C(C)C)c(C#N)c1CC. The Hall–Kier alpha value is -1.67. The first kappa shape index (κ1) is 16.4. The number of nitrogens with zero attached hydrogens (tertiary/aromatic N) is 4. The molecule has 20 heavy (non-hydrogen) atoms. The van der Waals surface area contributed by atoms with E-state index in [4.69, 9.17) is 5.11 Å². The fourth-order valence-electron chi connectivity index (χ4n) is 2.33. The van der Waals surface area contributed by atoms with Crippen molar-refractivity contribution in [2.24, 2.45) is 0 Å². The lowest BCUT2D eigenvalue weighted by Crippen LogP contribution is -2.34. The summed E-state index contributed by atoms with van der Waals surface area (Å²) in [6, 6.07) is 2.50. The molecule has 0 fully saturated rings. The third kappa shape index (κ3) is 3.45. The van der Waals surface area contributed by atoms with Gasteiger partial charge in [-0.2, -0.15) is 10.4 Å². The predicted molar refractivity (Wildman–Crippen MR) is 79.7 cm³/mol. The molecule has 0 saturated heterocycles. The maximum atomic E-state index is 9.51. The van der Waals surface area contributed by atoms with Crippen molar-refractivity contribution >= 4 is 5.82 Å². The molecule has 1 heterocycles. The predicted octanol–water partition coefficient (Wildman–Crippen LogP) is 2.07. The smallest absolute Gasteiger partial charge is 0.169 e. The molecular formula is C15H24N4O. The molecule has 0 spiro atoms. The summed E-state index contributed by atoms with van der Waals surface area (Å²) in [6.45, 7) is 8.97. The summed E-state index contributed by atoms with van der Waals surface area (Å²) >= 11 is 0. The van der Waals surface area contributed by atoms with E-state index in [1.165, 1.54) is 0 Å². The van der Waals surface area contributed by atoms with Crippen molar-refractivity contribution in [1.29, 1.82) is 5.26 Å². The lowest BCUT2D eigenvalue weighted by molar-refractivity contribution is 0.288. The third-order valence-corrected chi connectivity index (χ3v) is 3.39. The van der Waals surface area contributed by atoms with Crippen molar-refractivity contribution in [3.05, 3.63) is 16.8 Å². The van der Waals surface area contributed by atoms with Gasteiger partial charge in [-0.15, -0.1) is 5.10 Å². The quantitative estimate of drug-likeness (QED) is 0.825. The number of nitriles is 1. The van der Waals surface area contributed by atoms with Gasteiger partial charge in [-0.3, -0.25) is 0 Å². The van der Waals surface area contributed by atoms with E-state index in [1.807, 2.05) is 18.7 Å². The van der Waals surface area contributed by atoms with Crippen LogP contribution in [-0.2, 0) is 12.8 Å². The molecule has 5 nitrogen and oxygen atoms in total. The number of aromatic nitrogens is 2. The van der Waals surface area contributed by atoms with E-state index in [2.05, 4.69) is 30.1 Å². The highest BCUT2D eigenvalue weighted by Gasteiger charge is 2.20. The largest absolute Gasteiger partial charge is 0.396 e. The third-order valence-electron chi connectivity index (χ3n) is 3.39. The van der Waals surface area contributed by atoms with Crippen LogP contribution in [0.3, 0.4) is 0 Å². The van der Waals surface area contributed by atoms with Crippen LogP contribution in [0.5, 0.6) is 0 Å². The Labute approximate surface area is 121 Å². The zero-order valence-electron chi connectivity index (χ0n) is 12.8. The first-order chi connectivity index (χ1) is 9.60. The highest BCUT2D eigenvalue weighted by Crippen LogP contribution is 2.24. The van der Waals surface area contributed by atoms with E-state index in [1.54, 1.807) is 0 Å². The van der Waals surface area contributed by atoms with Crippen LogP contribution in [0.1, 0.15) is 50.9 Å². The van der Waals surface area contributed by atoms with E-state index in [-0.39, 0.29) is 12.6 Å². The summed E-state index contributed by atoms with van der Waals surface area (Å²) in [6.07, 6.45) is 2.21. The lowest BCUT2D eigenvalue weighted by atomic mass is 10.0. The Balaban J connectivity index is 3.31. The minimum atomic E-state index is 0.131. The minimum absolute atomic E-state index is 0.131. The molecule has 0 unspecified atom stereocenters. The zero-order valence-corrected chi connectivity index (χ0v) is 12.8. The molecule has 0 aliphatic rings. The Bertz CT molecular complexity index is 479. The van der Waals surface area contributed by atoms with Crippen molar-refractivity contribution in [2.75, 3.05) is 18.1 Å². The molecule has 5 heteroatoms. The molecule has 110 valence electrons. The number of anilines is 1. The van der Waals surface area contributed by atoms with Crippen LogP contribution in [0.15, 0.2) is 0 Å². The average molecular weight is 276 g/mol. The normalized spacial score (nSPS) is 10.7. The highest BCUT2D eigenvalue weighted by molar-refractivity contribution is 5.58. The van der Waals surface area contributed by atoms with Gasteiger partial charge in [0.25, 0.3) is 0 Å². The highest BCUT2D eigenvalue weighted by atomic mass is 16.3. The second kappa shape index (κ2) is 7.81. The molecule has 1 rings (SSSR count). The van der Waals surface area contributed by atoms with E-state index in [9.17, 15) is 5.26 Å². The van der Waals surface area contributed by atoms with Crippen LogP contribution < -0.4 is 4.90 Å². The Morgan fingerprint density at radius 3 is 2.40 bits per heavy atom. The van der Waals surface area contributed by atoms with Crippen molar-refractivity contribution in [1.82, 2.24) is 10.2 Å². The van der Waals surface area contributed by atoms with Crippen molar-refractivity contribution in [2.45, 2.75) is 53.0 Å². The molecule has 0 saturated carbocycles. The monoisotopic (exact) mass is 276 g/mol. The number of aliphatic hydroxyl groups excluding tert-OH is 1. The summed E-state index contributed by atoms with van der Waals surface area (Å²) in [5.41, 5.74) is 2.53. The maximum absolute atomic E-state index is 9.51. The van der Waals surface area contributed by atoms with Crippen LogP contribution in [0.2, 0.25) is 0 Å². The van der Waals surface area contributed by atoms with Crippen LogP contribution >= 0.6 is 0 Å². The molecule has 0 aromatic carbocycles. The first-order valence-corrected chi connectivity index (χ1v) is 7.26. The van der Waals surface area contributed by atoms with Gasteiger partial charge in [0.2, 0.25) is 0 Å². The number of hydrogen-bond acceptors (Lipinski definition) is 5. The molecule has 0 aliphatic heterocycles. The Kier molecular flexibility index (Phi) is 6.40. The van der Waals surface area contributed by atoms with Crippen molar-refractivity contribution in [3.63, 3.8) is 0 Å². The molecule has 1 N–H and O–H groups in total. The van der Waals surface area contributed by atoms with E-state index >= 15 is 0 Å². The van der Waals surface area contributed by atoms with Crippen molar-refractivity contribution < 1.29 is 5.11 Å². The summed E-state index contributed by atoms with van der Waals surface area (Å²) in [5, 5.41) is 27.1. The molecule has 0 aliphatic carbocycles. The van der Waals surface area contributed by atoms with Gasteiger partial charge in [0.15, 0.2) is 5.82 Å². The van der Waals surface area contributed by atoms with Gasteiger partial charge in [-0.1, -0.05) is 13.8 Å².